The molecular formula is C121H103N21O5. The lowest BCUT2D eigenvalue weighted by Crippen LogP contribution is -2.26. The summed E-state index contributed by atoms with van der Waals surface area (Å²) in [7, 11) is 5.64. The first-order valence-electron chi connectivity index (χ1n) is 47.7. The van der Waals surface area contributed by atoms with Crippen molar-refractivity contribution in [3.05, 3.63) is 485 Å². The number of nitrogens with zero attached hydrogens (tertiary/aromatic N) is 17. The number of benzene rings is 12. The molecule has 0 fully saturated rings. The maximum atomic E-state index is 14.3. The molecule has 26 heteroatoms. The van der Waals surface area contributed by atoms with Gasteiger partial charge in [-0.05, 0) is 232 Å². The smallest absolute Gasteiger partial charge is 0.263 e. The molecule has 0 aliphatic heterocycles. The first-order valence-corrected chi connectivity index (χ1v) is 47.7. The van der Waals surface area contributed by atoms with E-state index in [0.29, 0.717) is 90.9 Å². The van der Waals surface area contributed by atoms with Crippen LogP contribution in [0.5, 0.6) is 5.75 Å². The Kier molecular flexibility index (Phi) is 29.8. The number of anilines is 5. The Morgan fingerprint density at radius 2 is 0.558 bits per heavy atom. The Balaban J connectivity index is 0.000000134. The van der Waals surface area contributed by atoms with E-state index < -0.39 is 0 Å². The zero-order valence-corrected chi connectivity index (χ0v) is 83.3. The number of para-hydroxylation sites is 4. The van der Waals surface area contributed by atoms with Crippen molar-refractivity contribution in [2.24, 2.45) is 0 Å². The predicted octanol–water partition coefficient (Wildman–Crippen LogP) is 26.6. The second-order valence-electron chi connectivity index (χ2n) is 35.7. The molecule has 4 N–H and O–H groups in total. The van der Waals surface area contributed by atoms with E-state index in [4.69, 9.17) is 31.0 Å². The zero-order chi connectivity index (χ0) is 103. The van der Waals surface area contributed by atoms with Crippen molar-refractivity contribution in [3.63, 3.8) is 0 Å². The Labute approximate surface area is 850 Å². The number of ether oxygens (including phenoxy) is 1. The molecule has 12 aromatic carbocycles. The molecule has 0 bridgehead atoms. The van der Waals surface area contributed by atoms with Crippen LogP contribution in [0, 0.1) is 67.8 Å². The number of rotatable bonds is 22. The molecule has 0 unspecified atom stereocenters. The second kappa shape index (κ2) is 44.2. The van der Waals surface area contributed by atoms with Crippen LogP contribution >= 0.6 is 0 Å². The standard InChI is InChI=1S/C31H28N6O.C30H25N5O2.2C30H25N5O/c1-20(34-30-27(32-3)19-33-21(2)35-30)28-18-23-12-10-16-26(22-11-9-15-25(17-22)36(4)5)29(23)31(38)37(28)24-13-7-6-8-14-24;1-19(33-29-26(31-3)18-32-20(2)34-29)27-17-22-9-8-12-25(21-13-15-24(37-4)16-14-21)28(22)30(36)35(27)23-10-6-5-7-11-23;1-19-10-8-11-22(16-19)25-15-9-12-23-17-27(20(2)33-29-26(31-4)18-32-21(3)34-29)35(30(36)28(23)25)24-13-6-5-7-14-24;1-19-13-15-22(16-14-19)25-12-8-9-23-17-27(20(2)33-29-26(31-4)18-32-21(3)34-29)35(30(36)28(23)25)24-10-6-5-7-11-24/h6-20H,1-2,4-5H3,(H,33,34,35);5-19H,1-2,4H3,(H,32,33,34);2*5-18,20H,1-3H3,(H,32,33,34)/t20-;19-;2*20-/m0000/s1. The van der Waals surface area contributed by atoms with Crippen LogP contribution < -0.4 is 53.1 Å². The van der Waals surface area contributed by atoms with E-state index in [9.17, 15) is 19.2 Å². The fourth-order valence-corrected chi connectivity index (χ4v) is 18.1. The fraction of sp³-hybridized carbons (Fsp3) is 0.140. The Hall–Kier alpha value is -19.4. The molecule has 0 spiro atoms. The molecule has 20 rings (SSSR count). The van der Waals surface area contributed by atoms with E-state index in [1.165, 1.54) is 30.4 Å². The molecule has 4 atom stereocenters. The van der Waals surface area contributed by atoms with Gasteiger partial charge in [0.05, 0.1) is 79.1 Å². The van der Waals surface area contributed by atoms with Crippen molar-refractivity contribution in [1.82, 2.24) is 58.1 Å². The molecule has 0 saturated carbocycles. The van der Waals surface area contributed by atoms with Crippen LogP contribution in [0.25, 0.3) is 130 Å². The predicted molar refractivity (Wildman–Crippen MR) is 591 cm³/mol. The minimum atomic E-state index is -0.336. The van der Waals surface area contributed by atoms with E-state index >= 15 is 0 Å². The lowest BCUT2D eigenvalue weighted by Gasteiger charge is -2.22. The number of pyridine rings is 4. The van der Waals surface area contributed by atoms with Gasteiger partial charge in [-0.2, -0.15) is 0 Å². The average Bonchev–Trinajstić information content (AvgIpc) is 0.788. The lowest BCUT2D eigenvalue weighted by molar-refractivity contribution is 0.415. The Bertz CT molecular complexity index is 8810. The highest BCUT2D eigenvalue weighted by molar-refractivity contribution is 6.01. The molecule has 0 aliphatic rings. The monoisotopic (exact) mass is 1930 g/mol. The van der Waals surface area contributed by atoms with E-state index in [2.05, 4.69) is 148 Å². The summed E-state index contributed by atoms with van der Waals surface area (Å²) in [6.45, 7) is 49.1. The minimum Gasteiger partial charge on any atom is -0.497 e. The van der Waals surface area contributed by atoms with Crippen LogP contribution in [0.1, 0.15) is 109 Å². The number of methoxy groups -OCH3 is 1. The molecule has 20 aromatic rings. The number of hydrogen-bond acceptors (Lipinski definition) is 18. The van der Waals surface area contributed by atoms with Gasteiger partial charge in [0.15, 0.2) is 0 Å². The molecule has 8 aromatic heterocycles. The highest BCUT2D eigenvalue weighted by atomic mass is 16.5. The van der Waals surface area contributed by atoms with Crippen LogP contribution in [0.4, 0.5) is 51.7 Å². The number of aromatic nitrogens is 12. The van der Waals surface area contributed by atoms with Gasteiger partial charge < -0.3 is 30.9 Å². The molecule has 147 heavy (non-hydrogen) atoms. The van der Waals surface area contributed by atoms with Gasteiger partial charge in [0, 0.05) is 90.1 Å². The molecule has 0 saturated heterocycles. The summed E-state index contributed by atoms with van der Waals surface area (Å²) in [6.07, 6.45) is 6.06. The van der Waals surface area contributed by atoms with Crippen molar-refractivity contribution < 1.29 is 4.74 Å². The largest absolute Gasteiger partial charge is 0.497 e. The summed E-state index contributed by atoms with van der Waals surface area (Å²) >= 11 is 0. The van der Waals surface area contributed by atoms with E-state index in [0.717, 1.165) is 129 Å². The summed E-state index contributed by atoms with van der Waals surface area (Å²) < 4.78 is 12.3. The third-order valence-corrected chi connectivity index (χ3v) is 25.4. The molecular weight excluding hydrogens is 1830 g/mol. The van der Waals surface area contributed by atoms with Gasteiger partial charge >= 0.3 is 0 Å². The summed E-state index contributed by atoms with van der Waals surface area (Å²) in [6, 6.07) is 101. The van der Waals surface area contributed by atoms with E-state index in [-0.39, 0.29) is 46.4 Å². The van der Waals surface area contributed by atoms with E-state index in [1.807, 2.05) is 309 Å². The van der Waals surface area contributed by atoms with Crippen molar-refractivity contribution in [2.45, 2.75) is 93.4 Å². The number of nitrogens with one attached hydrogen (secondary N) is 4. The van der Waals surface area contributed by atoms with Gasteiger partial charge in [-0.25, -0.2) is 39.3 Å². The van der Waals surface area contributed by atoms with Crippen molar-refractivity contribution in [2.75, 3.05) is 47.4 Å². The Morgan fingerprint density at radius 1 is 0.293 bits per heavy atom. The van der Waals surface area contributed by atoms with Gasteiger partial charge in [0.25, 0.3) is 22.2 Å². The van der Waals surface area contributed by atoms with Gasteiger partial charge in [0.1, 0.15) is 52.3 Å². The highest BCUT2D eigenvalue weighted by Gasteiger charge is 2.28. The van der Waals surface area contributed by atoms with Crippen LogP contribution in [0.3, 0.4) is 0 Å². The molecule has 722 valence electrons. The normalized spacial score (nSPS) is 11.7. The van der Waals surface area contributed by atoms with Gasteiger partial charge in [-0.3, -0.25) is 57.4 Å². The summed E-state index contributed by atoms with van der Waals surface area (Å²) in [5.41, 5.74) is 17.9. The third-order valence-electron chi connectivity index (χ3n) is 25.4. The molecule has 26 nitrogen and oxygen atoms in total. The van der Waals surface area contributed by atoms with Crippen molar-refractivity contribution in [3.8, 4) is 73.0 Å². The molecule has 8 heterocycles. The quantitative estimate of drug-likeness (QED) is 0.0459. The van der Waals surface area contributed by atoms with Crippen molar-refractivity contribution >= 4 is 94.8 Å². The maximum Gasteiger partial charge on any atom is 0.263 e. The van der Waals surface area contributed by atoms with Crippen LogP contribution in [0.2, 0.25) is 0 Å². The minimum absolute atomic E-state index is 0.0938. The molecule has 0 aliphatic carbocycles. The average molecular weight is 1930 g/mol. The first-order chi connectivity index (χ1) is 71.3. The summed E-state index contributed by atoms with van der Waals surface area (Å²) in [5.74, 6) is 4.80. The van der Waals surface area contributed by atoms with Gasteiger partial charge in [-0.1, -0.05) is 230 Å². The van der Waals surface area contributed by atoms with Crippen LogP contribution in [-0.2, 0) is 0 Å². The number of hydrogen-bond donors (Lipinski definition) is 4. The van der Waals surface area contributed by atoms with Crippen LogP contribution in [0.15, 0.2) is 359 Å². The highest BCUT2D eigenvalue weighted by Crippen LogP contribution is 2.40. The molecule has 0 amide bonds. The maximum absolute atomic E-state index is 14.3. The summed E-state index contributed by atoms with van der Waals surface area (Å²) in [5, 5.41) is 19.4. The summed E-state index contributed by atoms with van der Waals surface area (Å²) in [4.78, 5) is 108. The topological polar surface area (TPSA) is 269 Å². The van der Waals surface area contributed by atoms with Gasteiger partial charge in [-0.15, -0.1) is 0 Å². The number of aryl methyl sites for hydroxylation is 6. The van der Waals surface area contributed by atoms with Gasteiger partial charge in [0.2, 0.25) is 22.7 Å². The zero-order valence-electron chi connectivity index (χ0n) is 83.3. The Morgan fingerprint density at radius 3 is 0.830 bits per heavy atom. The second-order valence-corrected chi connectivity index (χ2v) is 35.7. The SMILES string of the molecule is [C-]#[N+]c1cnc(C)nc1N[C@@H](C)c1cc2cccc(-c3ccc(C)cc3)c2c(=O)n1-c1ccccc1.[C-]#[N+]c1cnc(C)nc1N[C@@H](C)c1cc2cccc(-c3ccc(OC)cc3)c2c(=O)n1-c1ccccc1.[C-]#[N+]c1cnc(C)nc1N[C@@H](C)c1cc2cccc(-c3cccc(C)c3)c2c(=O)n1-c1ccccc1.[C-]#[N+]c1cnc(C)nc1N[C@@H](C)c1cc2cccc(-c3cccc(N(C)C)c3)c2c(=O)n1-c1ccccc1. The van der Waals surface area contributed by atoms with Crippen molar-refractivity contribution in [1.29, 1.82) is 0 Å². The number of fused-ring (bicyclic) bond motifs is 4. The van der Waals surface area contributed by atoms with E-state index in [1.54, 1.807) is 53.1 Å². The lowest BCUT2D eigenvalue weighted by atomic mass is 9.97. The first kappa shape index (κ1) is 99.1. The van der Waals surface area contributed by atoms with Crippen LogP contribution in [-0.4, -0.2) is 79.3 Å². The third kappa shape index (κ3) is 21.5. The molecule has 0 radical (unpaired) electrons. The fourth-order valence-electron chi connectivity index (χ4n) is 18.1.